The molecule has 1 saturated heterocycles. The van der Waals surface area contributed by atoms with Crippen LogP contribution in [0.25, 0.3) is 11.3 Å². The van der Waals surface area contributed by atoms with Crippen LogP contribution in [0.4, 0.5) is 0 Å². The number of oxazole rings is 1. The van der Waals surface area contributed by atoms with Crippen molar-refractivity contribution in [2.24, 2.45) is 0 Å². The second-order valence-electron chi connectivity index (χ2n) is 5.22. The fraction of sp³-hybridized carbons (Fsp3) is 0.333. The van der Waals surface area contributed by atoms with Crippen LogP contribution in [-0.4, -0.2) is 39.6 Å². The fourth-order valence-corrected chi connectivity index (χ4v) is 3.83. The van der Waals surface area contributed by atoms with Crippen LogP contribution in [0.15, 0.2) is 35.1 Å². The minimum absolute atomic E-state index is 0.169. The molecule has 1 aliphatic heterocycles. The van der Waals surface area contributed by atoms with E-state index in [2.05, 4.69) is 10.3 Å². The molecule has 0 saturated carbocycles. The Labute approximate surface area is 137 Å². The molecular formula is C15H15ClN2O3S. The molecule has 7 heteroatoms. The molecule has 2 aromatic rings. The second kappa shape index (κ2) is 6.32. The van der Waals surface area contributed by atoms with E-state index in [-0.39, 0.29) is 18.1 Å². The van der Waals surface area contributed by atoms with E-state index in [1.165, 1.54) is 6.39 Å². The quantitative estimate of drug-likeness (QED) is 0.896. The second-order valence-corrected chi connectivity index (χ2v) is 6.73. The van der Waals surface area contributed by atoms with Crippen LogP contribution in [0.5, 0.6) is 0 Å². The number of hydrogen-bond donors (Lipinski definition) is 2. The zero-order chi connectivity index (χ0) is 15.6. The summed E-state index contributed by atoms with van der Waals surface area (Å²) in [6.07, 6.45) is 1.89. The summed E-state index contributed by atoms with van der Waals surface area (Å²) in [5, 5.41) is 13.5. The first-order chi connectivity index (χ1) is 10.6. The van der Waals surface area contributed by atoms with Gasteiger partial charge in [-0.15, -0.1) is 0 Å². The number of benzene rings is 1. The molecule has 22 heavy (non-hydrogen) atoms. The topological polar surface area (TPSA) is 75.4 Å². The minimum Gasteiger partial charge on any atom is -0.443 e. The predicted molar refractivity (Wildman–Crippen MR) is 86.2 cm³/mol. The van der Waals surface area contributed by atoms with Crippen molar-refractivity contribution < 1.29 is 14.3 Å². The summed E-state index contributed by atoms with van der Waals surface area (Å²) in [7, 11) is 0. The molecule has 0 aliphatic carbocycles. The van der Waals surface area contributed by atoms with Gasteiger partial charge in [0.05, 0.1) is 10.6 Å². The Bertz CT molecular complexity index is 683. The molecule has 1 aromatic heterocycles. The number of carbonyl (C=O) groups excluding carboxylic acids is 1. The summed E-state index contributed by atoms with van der Waals surface area (Å²) in [5.41, 5.74) is -0.0569. The summed E-state index contributed by atoms with van der Waals surface area (Å²) in [4.78, 5) is 16.3. The summed E-state index contributed by atoms with van der Waals surface area (Å²) >= 11 is 7.81. The Kier molecular flexibility index (Phi) is 4.42. The van der Waals surface area contributed by atoms with E-state index < -0.39 is 5.60 Å². The number of aromatic nitrogens is 1. The molecule has 116 valence electrons. The van der Waals surface area contributed by atoms with Gasteiger partial charge in [0.2, 0.25) is 0 Å². The van der Waals surface area contributed by atoms with Crippen molar-refractivity contribution in [3.63, 3.8) is 0 Å². The van der Waals surface area contributed by atoms with E-state index >= 15 is 0 Å². The number of nitrogens with zero attached hydrogens (tertiary/aromatic N) is 1. The number of aliphatic hydroxyl groups is 1. The van der Waals surface area contributed by atoms with Gasteiger partial charge in [0.15, 0.2) is 17.8 Å². The third kappa shape index (κ3) is 3.14. The molecule has 0 bridgehead atoms. The molecule has 0 radical (unpaired) electrons. The first kappa shape index (κ1) is 15.4. The number of rotatable bonds is 4. The lowest BCUT2D eigenvalue weighted by Gasteiger charge is -2.21. The van der Waals surface area contributed by atoms with Crippen LogP contribution in [0.2, 0.25) is 5.02 Å². The van der Waals surface area contributed by atoms with Gasteiger partial charge in [-0.2, -0.15) is 11.8 Å². The predicted octanol–water partition coefficient (Wildman–Crippen LogP) is 2.59. The number of amides is 1. The van der Waals surface area contributed by atoms with Gasteiger partial charge in [-0.05, 0) is 24.3 Å². The maximum Gasteiger partial charge on any atom is 0.274 e. The van der Waals surface area contributed by atoms with E-state index in [1.54, 1.807) is 30.0 Å². The van der Waals surface area contributed by atoms with Crippen LogP contribution in [-0.2, 0) is 0 Å². The van der Waals surface area contributed by atoms with Crippen molar-refractivity contribution in [3.8, 4) is 11.3 Å². The monoisotopic (exact) mass is 338 g/mol. The summed E-state index contributed by atoms with van der Waals surface area (Å²) < 4.78 is 5.33. The van der Waals surface area contributed by atoms with Crippen molar-refractivity contribution >= 4 is 29.3 Å². The number of nitrogens with one attached hydrogen (secondary N) is 1. The van der Waals surface area contributed by atoms with Crippen LogP contribution < -0.4 is 5.32 Å². The number of hydrogen-bond acceptors (Lipinski definition) is 5. The Morgan fingerprint density at radius 2 is 2.32 bits per heavy atom. The molecule has 1 fully saturated rings. The average Bonchev–Trinajstić information content (AvgIpc) is 3.15. The Morgan fingerprint density at radius 1 is 1.50 bits per heavy atom. The van der Waals surface area contributed by atoms with Crippen molar-refractivity contribution in [3.05, 3.63) is 41.4 Å². The maximum atomic E-state index is 12.3. The van der Waals surface area contributed by atoms with Crippen LogP contribution >= 0.6 is 23.4 Å². The van der Waals surface area contributed by atoms with Crippen LogP contribution in [0, 0.1) is 0 Å². The van der Waals surface area contributed by atoms with Crippen molar-refractivity contribution in [2.45, 2.75) is 12.0 Å². The van der Waals surface area contributed by atoms with Gasteiger partial charge in [-0.3, -0.25) is 4.79 Å². The van der Waals surface area contributed by atoms with Crippen LogP contribution in [0.1, 0.15) is 16.9 Å². The van der Waals surface area contributed by atoms with Gasteiger partial charge >= 0.3 is 0 Å². The molecule has 1 amide bonds. The average molecular weight is 339 g/mol. The molecule has 2 heterocycles. The van der Waals surface area contributed by atoms with Crippen LogP contribution in [0.3, 0.4) is 0 Å². The third-order valence-electron chi connectivity index (χ3n) is 3.56. The van der Waals surface area contributed by atoms with Gasteiger partial charge in [-0.25, -0.2) is 4.98 Å². The molecule has 3 rings (SSSR count). The highest BCUT2D eigenvalue weighted by molar-refractivity contribution is 7.99. The SMILES string of the molecule is O=C(NCC1(O)CCSC1)c1ncoc1-c1ccccc1Cl. The van der Waals surface area contributed by atoms with Gasteiger partial charge < -0.3 is 14.8 Å². The molecule has 0 spiro atoms. The molecule has 5 nitrogen and oxygen atoms in total. The highest BCUT2D eigenvalue weighted by Crippen LogP contribution is 2.30. The van der Waals surface area contributed by atoms with Crippen molar-refractivity contribution in [1.29, 1.82) is 0 Å². The van der Waals surface area contributed by atoms with E-state index in [0.717, 1.165) is 5.75 Å². The summed E-state index contributed by atoms with van der Waals surface area (Å²) in [6, 6.07) is 7.10. The molecule has 2 N–H and O–H groups in total. The number of halogens is 1. The van der Waals surface area contributed by atoms with Gasteiger partial charge in [0.1, 0.15) is 0 Å². The zero-order valence-electron chi connectivity index (χ0n) is 11.7. The Morgan fingerprint density at radius 3 is 3.05 bits per heavy atom. The summed E-state index contributed by atoms with van der Waals surface area (Å²) in [5.74, 6) is 1.48. The smallest absolute Gasteiger partial charge is 0.274 e. The molecule has 1 unspecified atom stereocenters. The molecule has 1 aromatic carbocycles. The lowest BCUT2D eigenvalue weighted by molar-refractivity contribution is 0.0611. The summed E-state index contributed by atoms with van der Waals surface area (Å²) in [6.45, 7) is 0.202. The maximum absolute atomic E-state index is 12.3. The zero-order valence-corrected chi connectivity index (χ0v) is 13.3. The lowest BCUT2D eigenvalue weighted by Crippen LogP contribution is -2.43. The van der Waals surface area contributed by atoms with Crippen molar-refractivity contribution in [1.82, 2.24) is 10.3 Å². The van der Waals surface area contributed by atoms with E-state index in [1.807, 2.05) is 6.07 Å². The first-order valence-electron chi connectivity index (χ1n) is 6.86. The third-order valence-corrected chi connectivity index (χ3v) is 5.13. The normalized spacial score (nSPS) is 21.0. The highest BCUT2D eigenvalue weighted by atomic mass is 35.5. The molecular weight excluding hydrogens is 324 g/mol. The van der Waals surface area contributed by atoms with Gasteiger partial charge in [0, 0.05) is 17.9 Å². The van der Waals surface area contributed by atoms with E-state index in [4.69, 9.17) is 16.0 Å². The lowest BCUT2D eigenvalue weighted by atomic mass is 10.0. The van der Waals surface area contributed by atoms with Gasteiger partial charge in [0.25, 0.3) is 5.91 Å². The highest BCUT2D eigenvalue weighted by Gasteiger charge is 2.32. The first-order valence-corrected chi connectivity index (χ1v) is 8.39. The molecule has 1 atom stereocenters. The standard InChI is InChI=1S/C15H15ClN2O3S/c16-11-4-2-1-3-10(11)13-12(18-9-21-13)14(19)17-7-15(20)5-6-22-8-15/h1-4,9,20H,5-8H2,(H,17,19). The minimum atomic E-state index is -0.839. The number of thioether (sulfide) groups is 1. The largest absolute Gasteiger partial charge is 0.443 e. The Balaban J connectivity index is 1.77. The molecule has 1 aliphatic rings. The fourth-order valence-electron chi connectivity index (χ4n) is 2.31. The van der Waals surface area contributed by atoms with Gasteiger partial charge in [-0.1, -0.05) is 23.7 Å². The Hall–Kier alpha value is -1.50. The van der Waals surface area contributed by atoms with E-state index in [9.17, 15) is 9.90 Å². The van der Waals surface area contributed by atoms with E-state index in [0.29, 0.717) is 28.5 Å². The van der Waals surface area contributed by atoms with Crippen molar-refractivity contribution in [2.75, 3.05) is 18.1 Å². The number of carbonyl (C=O) groups is 1.